The molecule has 0 saturated heterocycles. The van der Waals surface area contributed by atoms with E-state index in [2.05, 4.69) is 15.3 Å². The summed E-state index contributed by atoms with van der Waals surface area (Å²) >= 11 is 0. The number of benzene rings is 1. The third-order valence-electron chi connectivity index (χ3n) is 2.81. The van der Waals surface area contributed by atoms with Crippen LogP contribution in [0.4, 0.5) is 23.5 Å². The molecule has 0 aliphatic heterocycles. The average Bonchev–Trinajstić information content (AvgIpc) is 2.48. The molecule has 2 rings (SSSR count). The fraction of sp³-hybridized carbons (Fsp3) is 0.286. The van der Waals surface area contributed by atoms with Crippen LogP contribution in [0, 0.1) is 5.82 Å². The largest absolute Gasteiger partial charge is 0.433 e. The number of nitrogens with zero attached hydrogens (tertiary/aromatic N) is 2. The van der Waals surface area contributed by atoms with Crippen LogP contribution in [-0.4, -0.2) is 17.1 Å². The van der Waals surface area contributed by atoms with Crippen LogP contribution < -0.4 is 5.32 Å². The number of hydrogen-bond donors (Lipinski definition) is 1. The molecule has 0 spiro atoms. The molecule has 118 valence electrons. The third kappa shape index (κ3) is 4.14. The number of rotatable bonds is 5. The van der Waals surface area contributed by atoms with Gasteiger partial charge in [0.2, 0.25) is 5.95 Å². The van der Waals surface area contributed by atoms with E-state index >= 15 is 0 Å². The highest BCUT2D eigenvalue weighted by Crippen LogP contribution is 2.27. The Hall–Kier alpha value is -2.22. The van der Waals surface area contributed by atoms with Gasteiger partial charge in [-0.25, -0.2) is 14.4 Å². The Morgan fingerprint density at radius 1 is 1.23 bits per heavy atom. The van der Waals surface area contributed by atoms with Gasteiger partial charge in [-0.15, -0.1) is 0 Å². The molecule has 0 radical (unpaired) electrons. The molecule has 0 atom stereocenters. The summed E-state index contributed by atoms with van der Waals surface area (Å²) in [5.74, 6) is -0.548. The smallest absolute Gasteiger partial charge is 0.380 e. The minimum atomic E-state index is -4.53. The lowest BCUT2D eigenvalue weighted by Gasteiger charge is -2.10. The van der Waals surface area contributed by atoms with Gasteiger partial charge in [0.1, 0.15) is 11.5 Å². The van der Waals surface area contributed by atoms with Crippen LogP contribution in [-0.2, 0) is 24.1 Å². The number of methoxy groups -OCH3 is 1. The van der Waals surface area contributed by atoms with Crippen molar-refractivity contribution >= 4 is 5.95 Å². The maximum Gasteiger partial charge on any atom is 0.433 e. The van der Waals surface area contributed by atoms with Crippen LogP contribution >= 0.6 is 0 Å². The molecule has 4 nitrogen and oxygen atoms in total. The van der Waals surface area contributed by atoms with Crippen molar-refractivity contribution in [1.82, 2.24) is 9.97 Å². The van der Waals surface area contributed by atoms with Crippen LogP contribution in [0.3, 0.4) is 0 Å². The van der Waals surface area contributed by atoms with E-state index in [9.17, 15) is 17.6 Å². The van der Waals surface area contributed by atoms with E-state index in [0.29, 0.717) is 11.1 Å². The molecule has 0 amide bonds. The van der Waals surface area contributed by atoms with Gasteiger partial charge in [-0.2, -0.15) is 13.2 Å². The number of nitrogens with one attached hydrogen (secondary N) is 1. The van der Waals surface area contributed by atoms with Gasteiger partial charge < -0.3 is 10.1 Å². The van der Waals surface area contributed by atoms with Crippen molar-refractivity contribution in [3.63, 3.8) is 0 Å². The van der Waals surface area contributed by atoms with Crippen molar-refractivity contribution in [2.75, 3.05) is 12.4 Å². The summed E-state index contributed by atoms with van der Waals surface area (Å²) in [6, 6.07) is 5.16. The number of halogens is 4. The minimum absolute atomic E-state index is 0.111. The van der Waals surface area contributed by atoms with Gasteiger partial charge in [0, 0.05) is 25.4 Å². The first-order chi connectivity index (χ1) is 10.4. The zero-order valence-corrected chi connectivity index (χ0v) is 11.6. The van der Waals surface area contributed by atoms with Gasteiger partial charge in [0.05, 0.1) is 6.61 Å². The number of aromatic nitrogens is 2. The predicted molar refractivity (Wildman–Crippen MR) is 71.5 cm³/mol. The molecule has 1 heterocycles. The Kier molecular flexibility index (Phi) is 4.92. The Morgan fingerprint density at radius 2 is 2.00 bits per heavy atom. The first kappa shape index (κ1) is 16.2. The van der Waals surface area contributed by atoms with Crippen LogP contribution in [0.1, 0.15) is 16.8 Å². The zero-order valence-electron chi connectivity index (χ0n) is 11.6. The molecule has 0 unspecified atom stereocenters. The molecular formula is C14H13F4N3O. The fourth-order valence-electron chi connectivity index (χ4n) is 1.79. The maximum atomic E-state index is 13.5. The van der Waals surface area contributed by atoms with E-state index in [1.165, 1.54) is 19.2 Å². The molecule has 22 heavy (non-hydrogen) atoms. The highest BCUT2D eigenvalue weighted by Gasteiger charge is 2.32. The van der Waals surface area contributed by atoms with Crippen LogP contribution in [0.15, 0.2) is 30.5 Å². The molecule has 0 bridgehead atoms. The summed E-state index contributed by atoms with van der Waals surface area (Å²) in [5, 5.41) is 2.68. The van der Waals surface area contributed by atoms with Gasteiger partial charge >= 0.3 is 6.18 Å². The Morgan fingerprint density at radius 3 is 2.68 bits per heavy atom. The van der Waals surface area contributed by atoms with Crippen molar-refractivity contribution in [1.29, 1.82) is 0 Å². The maximum absolute atomic E-state index is 13.5. The van der Waals surface area contributed by atoms with Crippen molar-refractivity contribution in [3.8, 4) is 0 Å². The quantitative estimate of drug-likeness (QED) is 0.859. The Bertz CT molecular complexity index is 646. The predicted octanol–water partition coefficient (Wildman–Crippen LogP) is 3.39. The second-order valence-electron chi connectivity index (χ2n) is 4.48. The summed E-state index contributed by atoms with van der Waals surface area (Å²) in [6.07, 6.45) is -3.50. The van der Waals surface area contributed by atoms with E-state index < -0.39 is 17.7 Å². The first-order valence-corrected chi connectivity index (χ1v) is 6.30. The summed E-state index contributed by atoms with van der Waals surface area (Å²) in [5.41, 5.74) is 0.0189. The standard InChI is InChI=1S/C14H13F4N3O/c1-22-8-10-6-9(2-3-11(10)15)7-20-13-19-5-4-12(21-13)14(16,17)18/h2-6H,7-8H2,1H3,(H,19,20,21). The molecule has 0 fully saturated rings. The first-order valence-electron chi connectivity index (χ1n) is 6.30. The lowest BCUT2D eigenvalue weighted by atomic mass is 10.1. The van der Waals surface area contributed by atoms with Gasteiger partial charge in [0.15, 0.2) is 0 Å². The molecule has 2 aromatic rings. The van der Waals surface area contributed by atoms with Crippen molar-refractivity contribution < 1.29 is 22.3 Å². The summed E-state index contributed by atoms with van der Waals surface area (Å²) in [6.45, 7) is 0.276. The van der Waals surface area contributed by atoms with Gasteiger partial charge in [0.25, 0.3) is 0 Å². The van der Waals surface area contributed by atoms with Gasteiger partial charge in [-0.3, -0.25) is 0 Å². The fourth-order valence-corrected chi connectivity index (χ4v) is 1.79. The van der Waals surface area contributed by atoms with E-state index in [4.69, 9.17) is 4.74 Å². The van der Waals surface area contributed by atoms with Crippen molar-refractivity contribution in [2.24, 2.45) is 0 Å². The summed E-state index contributed by atoms with van der Waals surface area (Å²) < 4.78 is 55.9. The van der Waals surface area contributed by atoms with E-state index in [1.54, 1.807) is 6.07 Å². The van der Waals surface area contributed by atoms with E-state index in [0.717, 1.165) is 12.3 Å². The van der Waals surface area contributed by atoms with E-state index in [-0.39, 0.29) is 19.1 Å². The molecule has 0 saturated carbocycles. The van der Waals surface area contributed by atoms with Crippen LogP contribution in [0.5, 0.6) is 0 Å². The SMILES string of the molecule is COCc1cc(CNc2nccc(C(F)(F)F)n2)ccc1F. The lowest BCUT2D eigenvalue weighted by molar-refractivity contribution is -0.141. The summed E-state index contributed by atoms with van der Waals surface area (Å²) in [4.78, 5) is 7.11. The van der Waals surface area contributed by atoms with Crippen molar-refractivity contribution in [3.05, 3.63) is 53.1 Å². The zero-order chi connectivity index (χ0) is 16.2. The molecule has 0 aliphatic rings. The number of alkyl halides is 3. The molecular weight excluding hydrogens is 302 g/mol. The Labute approximate surface area is 124 Å². The second kappa shape index (κ2) is 6.69. The highest BCUT2D eigenvalue weighted by molar-refractivity contribution is 5.31. The normalized spacial score (nSPS) is 11.5. The Balaban J connectivity index is 2.09. The number of anilines is 1. The average molecular weight is 315 g/mol. The second-order valence-corrected chi connectivity index (χ2v) is 4.48. The van der Waals surface area contributed by atoms with Crippen LogP contribution in [0.2, 0.25) is 0 Å². The molecule has 1 aromatic carbocycles. The monoisotopic (exact) mass is 315 g/mol. The van der Waals surface area contributed by atoms with E-state index in [1.807, 2.05) is 0 Å². The molecule has 1 aromatic heterocycles. The van der Waals surface area contributed by atoms with Gasteiger partial charge in [-0.1, -0.05) is 6.07 Å². The molecule has 0 aliphatic carbocycles. The molecule has 8 heteroatoms. The van der Waals surface area contributed by atoms with Crippen LogP contribution in [0.25, 0.3) is 0 Å². The number of hydrogen-bond acceptors (Lipinski definition) is 4. The topological polar surface area (TPSA) is 47.0 Å². The number of ether oxygens (including phenoxy) is 1. The molecule has 1 N–H and O–H groups in total. The summed E-state index contributed by atoms with van der Waals surface area (Å²) in [7, 11) is 1.45. The minimum Gasteiger partial charge on any atom is -0.380 e. The lowest BCUT2D eigenvalue weighted by Crippen LogP contribution is -2.11. The third-order valence-corrected chi connectivity index (χ3v) is 2.81. The van der Waals surface area contributed by atoms with Crippen molar-refractivity contribution in [2.45, 2.75) is 19.3 Å². The highest BCUT2D eigenvalue weighted by atomic mass is 19.4. The van der Waals surface area contributed by atoms with Gasteiger partial charge in [-0.05, 0) is 23.8 Å².